The second-order valence-electron chi connectivity index (χ2n) is 7.91. The van der Waals surface area contributed by atoms with Crippen LogP contribution in [0.15, 0.2) is 34.3 Å². The first-order valence-corrected chi connectivity index (χ1v) is 12.2. The average molecular weight is 443 g/mol. The highest BCUT2D eigenvalue weighted by Crippen LogP contribution is 2.48. The maximum absolute atomic E-state index is 13.0. The van der Waals surface area contributed by atoms with Gasteiger partial charge >= 0.3 is 5.97 Å². The van der Waals surface area contributed by atoms with Crippen LogP contribution in [0.2, 0.25) is 0 Å². The molecule has 160 valence electrons. The molecule has 3 aliphatic rings. The lowest BCUT2D eigenvalue weighted by atomic mass is 9.77. The maximum Gasteiger partial charge on any atom is 0.333 e. The Kier molecular flexibility index (Phi) is 6.70. The molecule has 0 spiro atoms. The molecule has 1 fully saturated rings. The first kappa shape index (κ1) is 22.2. The number of allylic oxidation sites excluding steroid dienone is 3. The molecule has 1 N–H and O–H groups in total. The molecule has 0 saturated heterocycles. The monoisotopic (exact) mass is 442 g/mol. The highest BCUT2D eigenvalue weighted by Gasteiger charge is 2.54. The van der Waals surface area contributed by atoms with Crippen molar-refractivity contribution in [2.45, 2.75) is 62.8 Å². The van der Waals surface area contributed by atoms with Gasteiger partial charge in [-0.1, -0.05) is 19.8 Å². The third-order valence-electron chi connectivity index (χ3n) is 6.08. The van der Waals surface area contributed by atoms with Crippen molar-refractivity contribution in [3.63, 3.8) is 0 Å². The van der Waals surface area contributed by atoms with Crippen molar-refractivity contribution >= 4 is 33.2 Å². The van der Waals surface area contributed by atoms with Gasteiger partial charge in [0.2, 0.25) is 0 Å². The fourth-order valence-electron chi connectivity index (χ4n) is 4.46. The molecule has 0 amide bonds. The Morgan fingerprint density at radius 2 is 1.93 bits per heavy atom. The number of aliphatic carboxylic acids is 1. The number of hydrogen-bond acceptors (Lipinski definition) is 5. The minimum atomic E-state index is -3.76. The van der Waals surface area contributed by atoms with E-state index in [1.165, 1.54) is 25.2 Å². The molecule has 2 unspecified atom stereocenters. The predicted molar refractivity (Wildman–Crippen MR) is 110 cm³/mol. The summed E-state index contributed by atoms with van der Waals surface area (Å²) in [4.78, 5) is 24.0. The van der Waals surface area contributed by atoms with E-state index in [0.717, 1.165) is 25.7 Å². The van der Waals surface area contributed by atoms with E-state index in [4.69, 9.17) is 16.3 Å². The molecular formula is C21H27ClO6S. The van der Waals surface area contributed by atoms with Crippen molar-refractivity contribution in [2.75, 3.05) is 12.4 Å². The Balaban J connectivity index is 2.17. The SMILES string of the molecule is CCS(=O)(=O)C1=CC=C(C(=O)O)C(Cl)C1(OCC1CCCC1)C1=CC(=O)CCC1. The largest absolute Gasteiger partial charge is 0.478 e. The number of carboxylic acids is 1. The van der Waals surface area contributed by atoms with Crippen LogP contribution >= 0.6 is 11.6 Å². The van der Waals surface area contributed by atoms with Gasteiger partial charge in [-0.2, -0.15) is 0 Å². The van der Waals surface area contributed by atoms with Gasteiger partial charge in [0, 0.05) is 6.42 Å². The fraction of sp³-hybridized carbons (Fsp3) is 0.619. The van der Waals surface area contributed by atoms with Gasteiger partial charge < -0.3 is 9.84 Å². The van der Waals surface area contributed by atoms with E-state index < -0.39 is 26.8 Å². The van der Waals surface area contributed by atoms with E-state index in [1.54, 1.807) is 0 Å². The molecule has 6 nitrogen and oxygen atoms in total. The summed E-state index contributed by atoms with van der Waals surface area (Å²) in [6.07, 6.45) is 9.43. The number of ether oxygens (including phenoxy) is 1. The highest BCUT2D eigenvalue weighted by molar-refractivity contribution is 7.95. The zero-order chi connectivity index (χ0) is 21.2. The minimum absolute atomic E-state index is 0.0450. The van der Waals surface area contributed by atoms with Crippen molar-refractivity contribution in [2.24, 2.45) is 5.92 Å². The number of rotatable bonds is 7. The molecule has 29 heavy (non-hydrogen) atoms. The van der Waals surface area contributed by atoms with Gasteiger partial charge in [-0.3, -0.25) is 4.79 Å². The predicted octanol–water partition coefficient (Wildman–Crippen LogP) is 3.56. The fourth-order valence-corrected chi connectivity index (χ4v) is 6.36. The lowest BCUT2D eigenvalue weighted by molar-refractivity contribution is -0.133. The number of carbonyl (C=O) groups is 2. The van der Waals surface area contributed by atoms with Gasteiger partial charge in [-0.15, -0.1) is 11.6 Å². The number of halogens is 1. The maximum atomic E-state index is 13.0. The third-order valence-corrected chi connectivity index (χ3v) is 8.49. The number of alkyl halides is 1. The number of carboxylic acid groups (broad SMARTS) is 1. The van der Waals surface area contributed by atoms with Gasteiger partial charge in [0.25, 0.3) is 0 Å². The van der Waals surface area contributed by atoms with E-state index in [2.05, 4.69) is 0 Å². The lowest BCUT2D eigenvalue weighted by Crippen LogP contribution is -2.52. The summed E-state index contributed by atoms with van der Waals surface area (Å²) < 4.78 is 32.4. The number of carbonyl (C=O) groups excluding carboxylic acids is 1. The van der Waals surface area contributed by atoms with Crippen molar-refractivity contribution in [3.05, 3.63) is 34.3 Å². The molecule has 0 heterocycles. The summed E-state index contributed by atoms with van der Waals surface area (Å²) in [6, 6.07) is 0. The second-order valence-corrected chi connectivity index (χ2v) is 10.6. The summed E-state index contributed by atoms with van der Waals surface area (Å²) >= 11 is 6.69. The van der Waals surface area contributed by atoms with E-state index in [9.17, 15) is 23.1 Å². The Hall–Kier alpha value is -1.44. The van der Waals surface area contributed by atoms with Crippen LogP contribution in [0.25, 0.3) is 0 Å². The first-order chi connectivity index (χ1) is 13.7. The first-order valence-electron chi connectivity index (χ1n) is 10.1. The summed E-state index contributed by atoms with van der Waals surface area (Å²) in [5, 5.41) is 8.39. The van der Waals surface area contributed by atoms with Crippen molar-refractivity contribution in [3.8, 4) is 0 Å². The Morgan fingerprint density at radius 1 is 1.24 bits per heavy atom. The van der Waals surface area contributed by atoms with Crippen LogP contribution in [0.4, 0.5) is 0 Å². The molecule has 2 atom stereocenters. The van der Waals surface area contributed by atoms with Gasteiger partial charge in [0.15, 0.2) is 15.6 Å². The molecule has 8 heteroatoms. The van der Waals surface area contributed by atoms with E-state index in [0.29, 0.717) is 24.8 Å². The highest BCUT2D eigenvalue weighted by atomic mass is 35.5. The Morgan fingerprint density at radius 3 is 2.52 bits per heavy atom. The molecule has 3 rings (SSSR count). The van der Waals surface area contributed by atoms with Crippen molar-refractivity contribution < 1.29 is 27.9 Å². The van der Waals surface area contributed by atoms with Crippen LogP contribution in [0, 0.1) is 5.92 Å². The summed E-state index contributed by atoms with van der Waals surface area (Å²) in [6.45, 7) is 1.80. The van der Waals surface area contributed by atoms with Gasteiger partial charge in [0.1, 0.15) is 11.0 Å². The molecule has 3 aliphatic carbocycles. The molecule has 0 aromatic heterocycles. The topological polar surface area (TPSA) is 97.7 Å². The molecule has 0 radical (unpaired) electrons. The van der Waals surface area contributed by atoms with Gasteiger partial charge in [-0.05, 0) is 55.4 Å². The number of sulfone groups is 1. The summed E-state index contributed by atoms with van der Waals surface area (Å²) in [5.74, 6) is -1.26. The Bertz CT molecular complexity index is 879. The van der Waals surface area contributed by atoms with Crippen LogP contribution in [0.3, 0.4) is 0 Å². The second kappa shape index (κ2) is 8.74. The lowest BCUT2D eigenvalue weighted by Gasteiger charge is -2.44. The standard InChI is InChI=1S/C21H27ClO6S/c1-2-29(26,27)18-11-10-17(20(24)25)19(22)21(18,15-8-5-9-16(23)12-15)28-13-14-6-3-4-7-14/h10-12,14,19H,2-9,13H2,1H3,(H,24,25). The normalized spacial score (nSPS) is 28.7. The van der Waals surface area contributed by atoms with Crippen molar-refractivity contribution in [1.29, 1.82) is 0 Å². The van der Waals surface area contributed by atoms with Crippen LogP contribution in [-0.4, -0.2) is 48.6 Å². The summed E-state index contributed by atoms with van der Waals surface area (Å²) in [7, 11) is -3.76. The van der Waals surface area contributed by atoms with E-state index in [1.807, 2.05) is 0 Å². The smallest absolute Gasteiger partial charge is 0.333 e. The zero-order valence-electron chi connectivity index (χ0n) is 16.5. The van der Waals surface area contributed by atoms with Crippen LogP contribution < -0.4 is 0 Å². The minimum Gasteiger partial charge on any atom is -0.478 e. The molecule has 0 aromatic carbocycles. The quantitative estimate of drug-likeness (QED) is 0.605. The molecule has 0 aromatic rings. The number of hydrogen-bond donors (Lipinski definition) is 1. The molecule has 0 aliphatic heterocycles. The summed E-state index contributed by atoms with van der Waals surface area (Å²) in [5.41, 5.74) is -1.34. The van der Waals surface area contributed by atoms with Crippen molar-refractivity contribution in [1.82, 2.24) is 0 Å². The number of ketones is 1. The van der Waals surface area contributed by atoms with Gasteiger partial charge in [-0.25, -0.2) is 13.2 Å². The van der Waals surface area contributed by atoms with E-state index in [-0.39, 0.29) is 34.5 Å². The van der Waals surface area contributed by atoms with Crippen LogP contribution in [0.5, 0.6) is 0 Å². The molecule has 1 saturated carbocycles. The van der Waals surface area contributed by atoms with Crippen LogP contribution in [0.1, 0.15) is 51.9 Å². The molecule has 0 bridgehead atoms. The zero-order valence-corrected chi connectivity index (χ0v) is 18.1. The molecular weight excluding hydrogens is 416 g/mol. The Labute approximate surface area is 176 Å². The van der Waals surface area contributed by atoms with E-state index >= 15 is 0 Å². The average Bonchev–Trinajstić information content (AvgIpc) is 3.20. The third kappa shape index (κ3) is 4.23. The van der Waals surface area contributed by atoms with Gasteiger partial charge in [0.05, 0.1) is 22.8 Å². The van der Waals surface area contributed by atoms with Crippen LogP contribution in [-0.2, 0) is 24.2 Å².